The van der Waals surface area contributed by atoms with E-state index in [0.717, 1.165) is 10.5 Å². The number of furan rings is 1. The van der Waals surface area contributed by atoms with Crippen LogP contribution in [0.1, 0.15) is 18.2 Å². The van der Waals surface area contributed by atoms with Crippen LogP contribution in [0.2, 0.25) is 0 Å². The quantitative estimate of drug-likeness (QED) is 0.684. The molecule has 25 heavy (non-hydrogen) atoms. The van der Waals surface area contributed by atoms with E-state index >= 15 is 0 Å². The second kappa shape index (κ2) is 6.72. The minimum atomic E-state index is -1.14. The third-order valence-corrected chi connectivity index (χ3v) is 3.94. The first-order chi connectivity index (χ1) is 12.0. The molecule has 1 aromatic carbocycles. The number of hydrogen-bond donors (Lipinski definition) is 1. The first kappa shape index (κ1) is 16.6. The second-order valence-corrected chi connectivity index (χ2v) is 5.77. The topological polar surface area (TPSA) is 92.0 Å². The summed E-state index contributed by atoms with van der Waals surface area (Å²) >= 11 is 0. The molecule has 7 heteroatoms. The number of hydrogen-bond acceptors (Lipinski definition) is 5. The van der Waals surface area contributed by atoms with Crippen molar-refractivity contribution in [2.75, 3.05) is 4.90 Å². The van der Waals surface area contributed by atoms with Crippen LogP contribution in [0.4, 0.5) is 10.5 Å². The predicted octanol–water partition coefficient (Wildman–Crippen LogP) is 2.45. The van der Waals surface area contributed by atoms with Gasteiger partial charge in [0.05, 0.1) is 18.5 Å². The predicted molar refractivity (Wildman–Crippen MR) is 91.2 cm³/mol. The van der Waals surface area contributed by atoms with Crippen molar-refractivity contribution in [3.8, 4) is 0 Å². The number of carbonyl (C=O) groups excluding carboxylic acids is 3. The number of carbonyl (C=O) groups is 3. The minimum Gasteiger partial charge on any atom is -0.467 e. The van der Waals surface area contributed by atoms with Crippen LogP contribution in [0.5, 0.6) is 0 Å². The van der Waals surface area contributed by atoms with Gasteiger partial charge in [-0.25, -0.2) is 9.69 Å². The van der Waals surface area contributed by atoms with Gasteiger partial charge in [0.1, 0.15) is 5.76 Å². The van der Waals surface area contributed by atoms with Gasteiger partial charge in [0.2, 0.25) is 5.91 Å². The highest BCUT2D eigenvalue weighted by atomic mass is 16.3. The Kier molecular flexibility index (Phi) is 4.47. The number of imide groups is 2. The van der Waals surface area contributed by atoms with E-state index in [0.29, 0.717) is 17.2 Å². The summed E-state index contributed by atoms with van der Waals surface area (Å²) in [5, 5.41) is 2.22. The van der Waals surface area contributed by atoms with Crippen LogP contribution in [-0.4, -0.2) is 23.6 Å². The molecule has 1 aromatic heterocycles. The first-order valence-electron chi connectivity index (χ1n) is 7.76. The summed E-state index contributed by atoms with van der Waals surface area (Å²) in [4.78, 5) is 42.3. The van der Waals surface area contributed by atoms with E-state index in [1.165, 1.54) is 6.26 Å². The van der Waals surface area contributed by atoms with Gasteiger partial charge in [0.25, 0.3) is 5.91 Å². The highest BCUT2D eigenvalue weighted by molar-refractivity contribution is 6.35. The molecular weight excluding hydrogens is 322 g/mol. The lowest BCUT2D eigenvalue weighted by atomic mass is 9.99. The van der Waals surface area contributed by atoms with Crippen LogP contribution in [-0.2, 0) is 16.1 Å². The number of aryl methyl sites for hydroxylation is 1. The van der Waals surface area contributed by atoms with E-state index in [9.17, 15) is 14.4 Å². The SMILES string of the molecule is CC(=NCc1ccco1)[C@H]1C(=O)NC(=O)N(c2ccc(C)cc2)C1=O. The Labute approximate surface area is 144 Å². The van der Waals surface area contributed by atoms with Crippen molar-refractivity contribution in [3.05, 3.63) is 54.0 Å². The molecule has 0 unspecified atom stereocenters. The van der Waals surface area contributed by atoms with Crippen molar-refractivity contribution in [2.45, 2.75) is 20.4 Å². The van der Waals surface area contributed by atoms with Gasteiger partial charge in [-0.05, 0) is 38.1 Å². The minimum absolute atomic E-state index is 0.217. The number of amides is 4. The third-order valence-electron chi connectivity index (χ3n) is 3.94. The van der Waals surface area contributed by atoms with Crippen molar-refractivity contribution in [3.63, 3.8) is 0 Å². The molecule has 0 bridgehead atoms. The molecule has 1 aliphatic heterocycles. The molecule has 3 rings (SSSR count). The molecule has 2 aromatic rings. The van der Waals surface area contributed by atoms with Gasteiger partial charge in [-0.15, -0.1) is 0 Å². The number of anilines is 1. The molecule has 128 valence electrons. The highest BCUT2D eigenvalue weighted by Crippen LogP contribution is 2.22. The van der Waals surface area contributed by atoms with Crippen LogP contribution in [0.15, 0.2) is 52.1 Å². The smallest absolute Gasteiger partial charge is 0.335 e. The molecule has 2 heterocycles. The summed E-state index contributed by atoms with van der Waals surface area (Å²) < 4.78 is 5.19. The maximum atomic E-state index is 12.8. The normalized spacial score (nSPS) is 18.5. The van der Waals surface area contributed by atoms with Gasteiger partial charge in [-0.2, -0.15) is 0 Å². The molecule has 4 amide bonds. The monoisotopic (exact) mass is 339 g/mol. The lowest BCUT2D eigenvalue weighted by Crippen LogP contribution is -2.60. The van der Waals surface area contributed by atoms with E-state index in [1.807, 2.05) is 6.92 Å². The van der Waals surface area contributed by atoms with Gasteiger partial charge in [-0.1, -0.05) is 17.7 Å². The van der Waals surface area contributed by atoms with Crippen LogP contribution in [0.25, 0.3) is 0 Å². The molecule has 0 spiro atoms. The number of barbiturate groups is 1. The van der Waals surface area contributed by atoms with Crippen LogP contribution >= 0.6 is 0 Å². The average Bonchev–Trinajstić information content (AvgIpc) is 3.07. The fourth-order valence-corrected chi connectivity index (χ4v) is 2.58. The molecule has 1 fully saturated rings. The molecule has 7 nitrogen and oxygen atoms in total. The van der Waals surface area contributed by atoms with Crippen molar-refractivity contribution in [1.29, 1.82) is 0 Å². The maximum Gasteiger partial charge on any atom is 0.335 e. The summed E-state index contributed by atoms with van der Waals surface area (Å²) in [7, 11) is 0. The number of nitrogens with zero attached hydrogens (tertiary/aromatic N) is 2. The summed E-state index contributed by atoms with van der Waals surface area (Å²) in [6.45, 7) is 3.71. The molecule has 0 saturated carbocycles. The van der Waals surface area contributed by atoms with E-state index in [4.69, 9.17) is 4.42 Å². The standard InChI is InChI=1S/C18H17N3O4/c1-11-5-7-13(8-6-11)21-17(23)15(16(22)20-18(21)24)12(2)19-10-14-4-3-9-25-14/h3-9,15H,10H2,1-2H3,(H,20,22,24)/t15-/m0/s1. The number of aliphatic imine (C=N–C) groups is 1. The highest BCUT2D eigenvalue weighted by Gasteiger charge is 2.42. The zero-order valence-corrected chi connectivity index (χ0v) is 13.9. The second-order valence-electron chi connectivity index (χ2n) is 5.77. The van der Waals surface area contributed by atoms with Crippen molar-refractivity contribution >= 4 is 29.2 Å². The van der Waals surface area contributed by atoms with Crippen LogP contribution < -0.4 is 10.2 Å². The first-order valence-corrected chi connectivity index (χ1v) is 7.76. The zero-order chi connectivity index (χ0) is 18.0. The zero-order valence-electron chi connectivity index (χ0n) is 13.9. The van der Waals surface area contributed by atoms with Crippen molar-refractivity contribution in [1.82, 2.24) is 5.32 Å². The molecule has 1 N–H and O–H groups in total. The van der Waals surface area contributed by atoms with Gasteiger partial charge < -0.3 is 4.42 Å². The number of nitrogens with one attached hydrogen (secondary N) is 1. The van der Waals surface area contributed by atoms with Crippen molar-refractivity contribution in [2.24, 2.45) is 10.9 Å². The number of rotatable bonds is 4. The third kappa shape index (κ3) is 3.35. The van der Waals surface area contributed by atoms with E-state index in [2.05, 4.69) is 10.3 Å². The fourth-order valence-electron chi connectivity index (χ4n) is 2.58. The van der Waals surface area contributed by atoms with Gasteiger partial charge >= 0.3 is 6.03 Å². The lowest BCUT2D eigenvalue weighted by Gasteiger charge is -2.30. The largest absolute Gasteiger partial charge is 0.467 e. The van der Waals surface area contributed by atoms with E-state index in [-0.39, 0.29) is 6.54 Å². The summed E-state index contributed by atoms with van der Waals surface area (Å²) in [6.07, 6.45) is 1.52. The number of benzene rings is 1. The Morgan fingerprint density at radius 3 is 2.56 bits per heavy atom. The summed E-state index contributed by atoms with van der Waals surface area (Å²) in [5.41, 5.74) is 1.73. The van der Waals surface area contributed by atoms with E-state index in [1.54, 1.807) is 43.3 Å². The molecule has 0 aliphatic carbocycles. The molecule has 1 saturated heterocycles. The number of urea groups is 1. The fraction of sp³-hybridized carbons (Fsp3) is 0.222. The molecule has 0 radical (unpaired) electrons. The average molecular weight is 339 g/mol. The van der Waals surface area contributed by atoms with Crippen molar-refractivity contribution < 1.29 is 18.8 Å². The summed E-state index contributed by atoms with van der Waals surface area (Å²) in [6, 6.07) is 9.63. The Morgan fingerprint density at radius 2 is 1.92 bits per heavy atom. The molecular formula is C18H17N3O4. The van der Waals surface area contributed by atoms with Gasteiger partial charge in [0, 0.05) is 5.71 Å². The Hall–Kier alpha value is -3.22. The van der Waals surface area contributed by atoms with E-state index < -0.39 is 23.8 Å². The Bertz CT molecular complexity index is 838. The van der Waals surface area contributed by atoms with Crippen LogP contribution in [0, 0.1) is 12.8 Å². The maximum absolute atomic E-state index is 12.8. The molecule has 1 aliphatic rings. The Morgan fingerprint density at radius 1 is 1.20 bits per heavy atom. The van der Waals surface area contributed by atoms with Gasteiger partial charge in [-0.3, -0.25) is 19.9 Å². The van der Waals surface area contributed by atoms with Crippen LogP contribution in [0.3, 0.4) is 0 Å². The lowest BCUT2D eigenvalue weighted by molar-refractivity contribution is -0.131. The molecule has 1 atom stereocenters. The summed E-state index contributed by atoms with van der Waals surface area (Å²) in [5.74, 6) is -1.80. The van der Waals surface area contributed by atoms with Gasteiger partial charge in [0.15, 0.2) is 5.92 Å². The Balaban J connectivity index is 1.87.